The second-order valence-electron chi connectivity index (χ2n) is 8.02. The number of benzene rings is 3. The highest BCUT2D eigenvalue weighted by atomic mass is 32.2. The number of nitrogens with one attached hydrogen (secondary N) is 1. The Balaban J connectivity index is 1.37. The van der Waals surface area contributed by atoms with Gasteiger partial charge in [0, 0.05) is 5.69 Å². The van der Waals surface area contributed by atoms with E-state index in [2.05, 4.69) is 12.2 Å². The van der Waals surface area contributed by atoms with Crippen LogP contribution >= 0.6 is 24.0 Å². The van der Waals surface area contributed by atoms with Gasteiger partial charge < -0.3 is 10.1 Å². The zero-order valence-corrected chi connectivity index (χ0v) is 21.2. The van der Waals surface area contributed by atoms with Gasteiger partial charge in [-0.05, 0) is 66.1 Å². The van der Waals surface area contributed by atoms with E-state index in [-0.39, 0.29) is 27.4 Å². The van der Waals surface area contributed by atoms with Gasteiger partial charge in [0.25, 0.3) is 11.8 Å². The summed E-state index contributed by atoms with van der Waals surface area (Å²) >= 11 is 6.27. The normalized spacial score (nSPS) is 14.8. The number of halogens is 3. The van der Waals surface area contributed by atoms with Gasteiger partial charge in [-0.15, -0.1) is 0 Å². The lowest BCUT2D eigenvalue weighted by Gasteiger charge is -2.16. The Hall–Kier alpha value is -3.63. The van der Waals surface area contributed by atoms with Crippen LogP contribution in [0, 0.1) is 0 Å². The van der Waals surface area contributed by atoms with E-state index in [9.17, 15) is 22.8 Å². The quantitative estimate of drug-likeness (QED) is 0.266. The SMILES string of the molecule is CCc1ccc(NC(=O)COc2ccc(/C=C3\SC(=S)N(c4cccc(C(F)(F)F)c4)C3=O)cc2)cc1. The maximum absolute atomic E-state index is 13.1. The summed E-state index contributed by atoms with van der Waals surface area (Å²) in [5, 5.41) is 2.77. The topological polar surface area (TPSA) is 58.6 Å². The number of aryl methyl sites for hydroxylation is 1. The first kappa shape index (κ1) is 26.4. The van der Waals surface area contributed by atoms with Crippen molar-refractivity contribution >= 4 is 57.6 Å². The number of carbonyl (C=O) groups excluding carboxylic acids is 2. The van der Waals surface area contributed by atoms with Crippen molar-refractivity contribution in [3.63, 3.8) is 0 Å². The van der Waals surface area contributed by atoms with E-state index in [4.69, 9.17) is 17.0 Å². The molecule has 0 saturated carbocycles. The Morgan fingerprint density at radius 3 is 2.43 bits per heavy atom. The molecule has 0 atom stereocenters. The van der Waals surface area contributed by atoms with Gasteiger partial charge in [0.1, 0.15) is 5.75 Å². The minimum absolute atomic E-state index is 0.0593. The highest BCUT2D eigenvalue weighted by Crippen LogP contribution is 2.38. The highest BCUT2D eigenvalue weighted by Gasteiger charge is 2.36. The molecule has 0 spiro atoms. The number of ether oxygens (including phenoxy) is 1. The number of nitrogens with zero attached hydrogens (tertiary/aromatic N) is 1. The Morgan fingerprint density at radius 2 is 1.78 bits per heavy atom. The van der Waals surface area contributed by atoms with Crippen LogP contribution in [0.5, 0.6) is 5.75 Å². The third-order valence-electron chi connectivity index (χ3n) is 5.42. The lowest BCUT2D eigenvalue weighted by molar-refractivity contribution is -0.137. The van der Waals surface area contributed by atoms with Crippen molar-refractivity contribution in [1.82, 2.24) is 0 Å². The average Bonchev–Trinajstić information content (AvgIpc) is 3.16. The first-order valence-corrected chi connectivity index (χ1v) is 12.4. The number of anilines is 2. The number of rotatable bonds is 7. The average molecular weight is 543 g/mol. The minimum atomic E-state index is -4.53. The smallest absolute Gasteiger partial charge is 0.416 e. The first-order valence-electron chi connectivity index (χ1n) is 11.2. The number of hydrogen-bond acceptors (Lipinski definition) is 5. The van der Waals surface area contributed by atoms with Crippen molar-refractivity contribution in [2.24, 2.45) is 0 Å². The van der Waals surface area contributed by atoms with Crippen LogP contribution in [0.4, 0.5) is 24.5 Å². The van der Waals surface area contributed by atoms with E-state index < -0.39 is 17.6 Å². The fraction of sp³-hybridized carbons (Fsp3) is 0.148. The molecule has 1 aliphatic rings. The Labute approximate surface area is 221 Å². The minimum Gasteiger partial charge on any atom is -0.484 e. The van der Waals surface area contributed by atoms with Gasteiger partial charge in [-0.1, -0.05) is 61.2 Å². The fourth-order valence-corrected chi connectivity index (χ4v) is 4.79. The first-order chi connectivity index (χ1) is 17.6. The second-order valence-corrected chi connectivity index (χ2v) is 9.70. The molecule has 37 heavy (non-hydrogen) atoms. The summed E-state index contributed by atoms with van der Waals surface area (Å²) in [4.78, 5) is 26.4. The standard InChI is InChI=1S/C27H21F3N2O3S2/c1-2-17-6-10-20(11-7-17)31-24(33)16-35-22-12-8-18(9-13-22)14-23-25(34)32(26(36)37-23)21-5-3-4-19(15-21)27(28,29)30/h3-15H,2,16H2,1H3,(H,31,33)/b23-14-. The van der Waals surface area contributed by atoms with Crippen LogP contribution < -0.4 is 15.0 Å². The molecule has 0 aliphatic carbocycles. The molecular weight excluding hydrogens is 521 g/mol. The van der Waals surface area contributed by atoms with Crippen LogP contribution in [-0.4, -0.2) is 22.7 Å². The maximum atomic E-state index is 13.1. The Kier molecular flexibility index (Phi) is 7.99. The number of thioether (sulfide) groups is 1. The van der Waals surface area contributed by atoms with Crippen LogP contribution in [0.1, 0.15) is 23.6 Å². The van der Waals surface area contributed by atoms with Crippen molar-refractivity contribution in [2.45, 2.75) is 19.5 Å². The van der Waals surface area contributed by atoms with Crippen molar-refractivity contribution in [3.05, 3.63) is 94.4 Å². The number of alkyl halides is 3. The molecule has 3 aromatic rings. The molecular formula is C27H21F3N2O3S2. The number of amides is 2. The summed E-state index contributed by atoms with van der Waals surface area (Å²) in [6, 6.07) is 18.8. The Bertz CT molecular complexity index is 1350. The van der Waals surface area contributed by atoms with Gasteiger partial charge >= 0.3 is 6.18 Å². The predicted octanol–water partition coefficient (Wildman–Crippen LogP) is 6.69. The van der Waals surface area contributed by atoms with Crippen molar-refractivity contribution in [3.8, 4) is 5.75 Å². The zero-order valence-electron chi connectivity index (χ0n) is 19.5. The van der Waals surface area contributed by atoms with Crippen LogP contribution in [-0.2, 0) is 22.2 Å². The molecule has 3 aromatic carbocycles. The Morgan fingerprint density at radius 1 is 1.08 bits per heavy atom. The van der Waals surface area contributed by atoms with Gasteiger partial charge in [-0.25, -0.2) is 0 Å². The second kappa shape index (κ2) is 11.2. The monoisotopic (exact) mass is 542 g/mol. The molecule has 0 aromatic heterocycles. The fourth-order valence-electron chi connectivity index (χ4n) is 3.49. The summed E-state index contributed by atoms with van der Waals surface area (Å²) in [5.74, 6) is -0.338. The van der Waals surface area contributed by atoms with E-state index in [0.29, 0.717) is 17.0 Å². The summed E-state index contributed by atoms with van der Waals surface area (Å²) in [6.45, 7) is 1.88. The predicted molar refractivity (Wildman–Crippen MR) is 143 cm³/mol. The molecule has 5 nitrogen and oxygen atoms in total. The molecule has 1 aliphatic heterocycles. The third kappa shape index (κ3) is 6.58. The van der Waals surface area contributed by atoms with E-state index >= 15 is 0 Å². The maximum Gasteiger partial charge on any atom is 0.416 e. The van der Waals surface area contributed by atoms with Gasteiger partial charge in [-0.2, -0.15) is 13.2 Å². The highest BCUT2D eigenvalue weighted by molar-refractivity contribution is 8.27. The van der Waals surface area contributed by atoms with Gasteiger partial charge in [0.2, 0.25) is 0 Å². The largest absolute Gasteiger partial charge is 0.484 e. The van der Waals surface area contributed by atoms with Crippen molar-refractivity contribution in [2.75, 3.05) is 16.8 Å². The van der Waals surface area contributed by atoms with E-state index in [1.165, 1.54) is 17.7 Å². The van der Waals surface area contributed by atoms with Gasteiger partial charge in [-0.3, -0.25) is 14.5 Å². The third-order valence-corrected chi connectivity index (χ3v) is 6.72. The number of thiocarbonyl (C=S) groups is 1. The van der Waals surface area contributed by atoms with E-state index in [0.717, 1.165) is 35.2 Å². The van der Waals surface area contributed by atoms with Gasteiger partial charge in [0.05, 0.1) is 16.2 Å². The molecule has 1 N–H and O–H groups in total. The molecule has 2 amide bonds. The lowest BCUT2D eigenvalue weighted by Crippen LogP contribution is -2.27. The molecule has 1 heterocycles. The van der Waals surface area contributed by atoms with Crippen molar-refractivity contribution in [1.29, 1.82) is 0 Å². The molecule has 1 fully saturated rings. The van der Waals surface area contributed by atoms with Crippen molar-refractivity contribution < 1.29 is 27.5 Å². The van der Waals surface area contributed by atoms with E-state index in [1.54, 1.807) is 30.3 Å². The van der Waals surface area contributed by atoms with Gasteiger partial charge in [0.15, 0.2) is 10.9 Å². The number of carbonyl (C=O) groups is 2. The summed E-state index contributed by atoms with van der Waals surface area (Å²) < 4.78 is 44.9. The summed E-state index contributed by atoms with van der Waals surface area (Å²) in [6.07, 6.45) is -2.02. The van der Waals surface area contributed by atoms with Crippen LogP contribution in [0.3, 0.4) is 0 Å². The molecule has 0 unspecified atom stereocenters. The molecule has 4 rings (SSSR count). The summed E-state index contributed by atoms with van der Waals surface area (Å²) in [5.41, 5.74) is 1.72. The van der Waals surface area contributed by atoms with Crippen LogP contribution in [0.15, 0.2) is 77.7 Å². The number of hydrogen-bond donors (Lipinski definition) is 1. The molecule has 1 saturated heterocycles. The van der Waals surface area contributed by atoms with Crippen LogP contribution in [0.25, 0.3) is 6.08 Å². The molecule has 0 bridgehead atoms. The summed E-state index contributed by atoms with van der Waals surface area (Å²) in [7, 11) is 0. The molecule has 0 radical (unpaired) electrons. The zero-order chi connectivity index (χ0) is 26.6. The molecule has 10 heteroatoms. The van der Waals surface area contributed by atoms with E-state index in [1.807, 2.05) is 24.3 Å². The van der Waals surface area contributed by atoms with Crippen LogP contribution in [0.2, 0.25) is 0 Å². The lowest BCUT2D eigenvalue weighted by atomic mass is 10.1. The molecule has 190 valence electrons.